The van der Waals surface area contributed by atoms with Crippen LogP contribution in [0.5, 0.6) is 5.75 Å². The van der Waals surface area contributed by atoms with Gasteiger partial charge < -0.3 is 15.9 Å². The maximum Gasteiger partial charge on any atom is 0.309 e. The van der Waals surface area contributed by atoms with Crippen molar-refractivity contribution in [3.8, 4) is 5.75 Å². The molecule has 1 aromatic heterocycles. The predicted octanol–water partition coefficient (Wildman–Crippen LogP) is 2.49. The maximum atomic E-state index is 10.9. The second-order valence-corrected chi connectivity index (χ2v) is 12.3. The van der Waals surface area contributed by atoms with E-state index in [1.165, 1.54) is 11.3 Å². The van der Waals surface area contributed by atoms with Crippen LogP contribution in [0.4, 0.5) is 5.69 Å². The number of aliphatic imine (C=N–C) groups is 1. The van der Waals surface area contributed by atoms with Crippen LogP contribution in [-0.2, 0) is 0 Å². The zero-order valence-electron chi connectivity index (χ0n) is 19.8. The normalized spacial score (nSPS) is 20.3. The van der Waals surface area contributed by atoms with Crippen molar-refractivity contribution < 1.29 is 15.2 Å². The first-order chi connectivity index (χ1) is 15.7. The van der Waals surface area contributed by atoms with Gasteiger partial charge in [0.15, 0.2) is 5.75 Å². The number of nitrogens with two attached hydrogens (primary N) is 2. The molecule has 1 aliphatic rings. The van der Waals surface area contributed by atoms with Crippen molar-refractivity contribution in [2.45, 2.75) is 56.8 Å². The van der Waals surface area contributed by atoms with E-state index >= 15 is 0 Å². The fraction of sp³-hybridized carbons (Fsp3) is 0.458. The highest BCUT2D eigenvalue weighted by Crippen LogP contribution is 2.49. The first kappa shape index (κ1) is 25.4. The number of aliphatic hydroxyl groups excluding tert-OH is 1. The molecular weight excluding hydrogens is 454 g/mol. The Kier molecular flexibility index (Phi) is 8.33. The number of nitrogens with one attached hydrogen (secondary N) is 1. The molecule has 3 atom stereocenters. The Morgan fingerprint density at radius 3 is 2.64 bits per heavy atom. The number of aromatic hydroxyl groups is 1. The van der Waals surface area contributed by atoms with E-state index in [9.17, 15) is 10.2 Å². The van der Waals surface area contributed by atoms with E-state index in [0.29, 0.717) is 5.69 Å². The Morgan fingerprint density at radius 1 is 1.33 bits per heavy atom. The number of hydrogen-bond acceptors (Lipinski definition) is 5. The number of benzene rings is 1. The van der Waals surface area contributed by atoms with Crippen LogP contribution in [0.1, 0.15) is 52.1 Å². The van der Waals surface area contributed by atoms with Crippen molar-refractivity contribution in [2.24, 2.45) is 21.9 Å². The summed E-state index contributed by atoms with van der Waals surface area (Å²) in [5, 5.41) is 24.5. The van der Waals surface area contributed by atoms with Gasteiger partial charge in [-0.05, 0) is 30.7 Å². The molecule has 1 saturated heterocycles. The largest absolute Gasteiger partial charge is 0.504 e. The molecular formula is C24H36N5O2S2+. The Morgan fingerprint density at radius 2 is 2.03 bits per heavy atom. The molecule has 2 aromatic rings. The highest BCUT2D eigenvalue weighted by Gasteiger charge is 2.30. The minimum atomic E-state index is -0.409. The molecule has 0 amide bonds. The number of rotatable bonds is 6. The van der Waals surface area contributed by atoms with Crippen molar-refractivity contribution in [2.75, 3.05) is 13.2 Å². The van der Waals surface area contributed by atoms with Gasteiger partial charge >= 0.3 is 5.84 Å². The molecule has 0 saturated carbocycles. The van der Waals surface area contributed by atoms with Crippen LogP contribution in [-0.4, -0.2) is 50.8 Å². The molecule has 2 unspecified atom stereocenters. The topological polar surface area (TPSA) is 122 Å². The highest BCUT2D eigenvalue weighted by atomic mass is 32.2. The standard InChI is InChI=1S/C24H35N5O2S2/c1-5-33(29-13-9-12-17(29)14-30)23-19(31)18(15-32-23)27-21(25)22(26)28-20(24(2,3)4)16-10-7-6-8-11-16/h5-8,10-11,15,17,20,30-31H,9,12-14H2,1-4H3,(H2,25,27)(H2,26,28)/p+1/t17?,20-,33?/m0/s1. The summed E-state index contributed by atoms with van der Waals surface area (Å²) in [6.45, 7) is 9.41. The van der Waals surface area contributed by atoms with Crippen molar-refractivity contribution >= 4 is 44.7 Å². The fourth-order valence-corrected chi connectivity index (χ4v) is 7.55. The molecule has 1 aromatic carbocycles. The molecule has 1 fully saturated rings. The van der Waals surface area contributed by atoms with Gasteiger partial charge in [0.25, 0.3) is 0 Å². The van der Waals surface area contributed by atoms with Crippen molar-refractivity contribution in [3.63, 3.8) is 0 Å². The van der Waals surface area contributed by atoms with Crippen LogP contribution in [0.15, 0.2) is 44.9 Å². The summed E-state index contributed by atoms with van der Waals surface area (Å²) in [5.74, 6) is 0.526. The van der Waals surface area contributed by atoms with Gasteiger partial charge in [0.05, 0.1) is 6.61 Å². The third-order valence-corrected chi connectivity index (χ3v) is 9.28. The summed E-state index contributed by atoms with van der Waals surface area (Å²) in [6, 6.07) is 10.1. The van der Waals surface area contributed by atoms with E-state index in [-0.39, 0.29) is 41.5 Å². The molecule has 1 aliphatic heterocycles. The van der Waals surface area contributed by atoms with Crippen LogP contribution < -0.4 is 16.5 Å². The van der Waals surface area contributed by atoms with Crippen LogP contribution in [0.3, 0.4) is 0 Å². The molecule has 0 bridgehead atoms. The van der Waals surface area contributed by atoms with E-state index < -0.39 is 10.7 Å². The molecule has 33 heavy (non-hydrogen) atoms. The second kappa shape index (κ2) is 10.8. The Hall–Kier alpha value is -2.20. The first-order valence-corrected chi connectivity index (χ1v) is 13.3. The number of nitrogens with zero attached hydrogens (tertiary/aromatic N) is 2. The molecule has 2 heterocycles. The van der Waals surface area contributed by atoms with Crippen molar-refractivity contribution in [3.05, 3.63) is 41.3 Å². The van der Waals surface area contributed by atoms with Gasteiger partial charge in [0.2, 0.25) is 5.84 Å². The van der Waals surface area contributed by atoms with E-state index in [2.05, 4.69) is 52.6 Å². The molecule has 7 nitrogen and oxygen atoms in total. The summed E-state index contributed by atoms with van der Waals surface area (Å²) < 4.78 is 3.09. The summed E-state index contributed by atoms with van der Waals surface area (Å²) in [6.07, 6.45) is 2.01. The smallest absolute Gasteiger partial charge is 0.309 e. The van der Waals surface area contributed by atoms with Crippen LogP contribution >= 0.6 is 22.0 Å². The lowest BCUT2D eigenvalue weighted by molar-refractivity contribution is -0.529. The van der Waals surface area contributed by atoms with Gasteiger partial charge in [-0.15, -0.1) is 11.3 Å². The van der Waals surface area contributed by atoms with Crippen LogP contribution in [0.2, 0.25) is 0 Å². The van der Waals surface area contributed by atoms with Crippen LogP contribution in [0.25, 0.3) is 0 Å². The predicted molar refractivity (Wildman–Crippen MR) is 140 cm³/mol. The lowest BCUT2D eigenvalue weighted by Gasteiger charge is -2.26. The molecule has 9 heteroatoms. The molecule has 3 rings (SSSR count). The SMILES string of the molecule is C/C=S(\c1scc(N=C(N)C(N)=[NH+][C@@H](c2ccccc2)C(C)(C)C)c1O)N1CCCC1CO. The Labute approximate surface area is 202 Å². The van der Waals surface area contributed by atoms with Gasteiger partial charge in [-0.2, -0.15) is 0 Å². The zero-order valence-corrected chi connectivity index (χ0v) is 21.4. The third-order valence-electron chi connectivity index (χ3n) is 5.73. The van der Waals surface area contributed by atoms with Crippen molar-refractivity contribution in [1.29, 1.82) is 0 Å². The van der Waals surface area contributed by atoms with Gasteiger partial charge in [-0.25, -0.2) is 9.30 Å². The minimum absolute atomic E-state index is 0.0646. The van der Waals surface area contributed by atoms with Gasteiger partial charge in [-0.1, -0.05) is 61.8 Å². The average molecular weight is 491 g/mol. The minimum Gasteiger partial charge on any atom is -0.504 e. The van der Waals surface area contributed by atoms with Gasteiger partial charge in [0, 0.05) is 23.4 Å². The number of thiophene rings is 1. The number of aliphatic hydroxyl groups is 1. The monoisotopic (exact) mass is 490 g/mol. The molecule has 180 valence electrons. The van der Waals surface area contributed by atoms with E-state index in [0.717, 1.165) is 29.2 Å². The van der Waals surface area contributed by atoms with Gasteiger partial charge in [0.1, 0.15) is 15.9 Å². The van der Waals surface area contributed by atoms with Crippen LogP contribution in [0, 0.1) is 5.41 Å². The number of amidine groups is 2. The van der Waals surface area contributed by atoms with E-state index in [1.807, 2.05) is 25.1 Å². The molecule has 7 N–H and O–H groups in total. The first-order valence-electron chi connectivity index (χ1n) is 11.2. The lowest BCUT2D eigenvalue weighted by atomic mass is 9.83. The molecule has 0 radical (unpaired) electrons. The van der Waals surface area contributed by atoms with E-state index in [1.54, 1.807) is 5.38 Å². The second-order valence-electron chi connectivity index (χ2n) is 9.19. The number of hydrogen-bond donors (Lipinski definition) is 5. The van der Waals surface area contributed by atoms with Crippen molar-refractivity contribution in [1.82, 2.24) is 4.31 Å². The lowest BCUT2D eigenvalue weighted by Crippen LogP contribution is -2.81. The fourth-order valence-electron chi connectivity index (χ4n) is 4.02. The maximum absolute atomic E-state index is 10.9. The summed E-state index contributed by atoms with van der Waals surface area (Å²) in [4.78, 5) is 7.77. The average Bonchev–Trinajstić information content (AvgIpc) is 3.40. The zero-order chi connectivity index (χ0) is 24.2. The summed E-state index contributed by atoms with van der Waals surface area (Å²) in [7, 11) is -0.409. The Balaban J connectivity index is 1.90. The highest BCUT2D eigenvalue weighted by molar-refractivity contribution is 8.14. The molecule has 0 spiro atoms. The third kappa shape index (κ3) is 5.84. The summed E-state index contributed by atoms with van der Waals surface area (Å²) in [5.41, 5.74) is 13.9. The molecule has 0 aliphatic carbocycles. The van der Waals surface area contributed by atoms with Gasteiger partial charge in [-0.3, -0.25) is 10.7 Å². The van der Waals surface area contributed by atoms with E-state index in [4.69, 9.17) is 11.5 Å². The quantitative estimate of drug-likeness (QED) is 0.242. The Bertz CT molecular complexity index is 1040. The summed E-state index contributed by atoms with van der Waals surface area (Å²) >= 11 is 1.45.